The number of aliphatic hydroxyl groups excluding tert-OH is 1. The molecule has 0 saturated heterocycles. The summed E-state index contributed by atoms with van der Waals surface area (Å²) in [6.45, 7) is 1.11. The number of nitrogens with zero attached hydrogens (tertiary/aromatic N) is 1. The highest BCUT2D eigenvalue weighted by Gasteiger charge is 2.02. The van der Waals surface area contributed by atoms with Gasteiger partial charge in [0, 0.05) is 0 Å². The molecule has 60 valence electrons. The highest BCUT2D eigenvalue weighted by atomic mass is 16.3. The van der Waals surface area contributed by atoms with Crippen LogP contribution in [0.2, 0.25) is 0 Å². The van der Waals surface area contributed by atoms with Crippen molar-refractivity contribution in [3.05, 3.63) is 0 Å². The fraction of sp³-hybridized carbons (Fsp3) is 1.00. The lowest BCUT2D eigenvalue weighted by molar-refractivity contribution is -0.870. The maximum atomic E-state index is 8.39. The highest BCUT2D eigenvalue weighted by Crippen LogP contribution is 1.84. The van der Waals surface area contributed by atoms with E-state index >= 15 is 0 Å². The van der Waals surface area contributed by atoms with Gasteiger partial charge < -0.3 is 20.5 Å². The van der Waals surface area contributed by atoms with E-state index in [1.165, 1.54) is 0 Å². The van der Waals surface area contributed by atoms with E-state index in [0.717, 1.165) is 11.0 Å². The topological polar surface area (TPSA) is 81.7 Å². The van der Waals surface area contributed by atoms with E-state index in [-0.39, 0.29) is 17.6 Å². The Morgan fingerprint density at radius 3 is 1.56 bits per heavy atom. The predicted octanol–water partition coefficient (Wildman–Crippen LogP) is -1.32. The van der Waals surface area contributed by atoms with E-state index in [1.54, 1.807) is 0 Å². The highest BCUT2D eigenvalue weighted by molar-refractivity contribution is 4.19. The summed E-state index contributed by atoms with van der Waals surface area (Å²) in [6, 6.07) is 0. The Balaban J connectivity index is -0.000000180. The number of hydrogen-bond acceptors (Lipinski definition) is 2. The van der Waals surface area contributed by atoms with Crippen LogP contribution in [0.5, 0.6) is 0 Å². The Labute approximate surface area is 55.9 Å². The van der Waals surface area contributed by atoms with Crippen molar-refractivity contribution in [2.24, 2.45) is 0 Å². The molecule has 0 fully saturated rings. The van der Waals surface area contributed by atoms with Gasteiger partial charge in [0.1, 0.15) is 6.54 Å². The van der Waals surface area contributed by atoms with Gasteiger partial charge in [-0.15, -0.1) is 0 Å². The lowest BCUT2D eigenvalue weighted by Gasteiger charge is -2.21. The number of hydrogen-bond donors (Lipinski definition) is 1. The first-order chi connectivity index (χ1) is 3.06. The Morgan fingerprint density at radius 1 is 1.22 bits per heavy atom. The molecule has 0 unspecified atom stereocenters. The minimum Gasteiger partial charge on any atom is -0.870 e. The van der Waals surface area contributed by atoms with Crippen molar-refractivity contribution in [3.63, 3.8) is 0 Å². The zero-order valence-corrected chi connectivity index (χ0v) is 6.26. The van der Waals surface area contributed by atoms with Gasteiger partial charge in [0.2, 0.25) is 0 Å². The van der Waals surface area contributed by atoms with Gasteiger partial charge in [-0.3, -0.25) is 0 Å². The fourth-order valence-corrected chi connectivity index (χ4v) is 0.300. The van der Waals surface area contributed by atoms with Crippen LogP contribution in [-0.2, 0) is 0 Å². The summed E-state index contributed by atoms with van der Waals surface area (Å²) in [6.07, 6.45) is 0. The van der Waals surface area contributed by atoms with Crippen LogP contribution in [0.1, 0.15) is 0 Å². The molecule has 9 heavy (non-hydrogen) atoms. The molecule has 0 aromatic rings. The van der Waals surface area contributed by atoms with Gasteiger partial charge in [-0.05, 0) is 0 Å². The van der Waals surface area contributed by atoms with Crippen molar-refractivity contribution in [1.82, 2.24) is 0 Å². The Kier molecular flexibility index (Phi) is 10.6. The van der Waals surface area contributed by atoms with Crippen LogP contribution in [0.15, 0.2) is 0 Å². The van der Waals surface area contributed by atoms with Crippen molar-refractivity contribution in [2.45, 2.75) is 0 Å². The van der Waals surface area contributed by atoms with Gasteiger partial charge in [-0.25, -0.2) is 0 Å². The van der Waals surface area contributed by atoms with Crippen molar-refractivity contribution in [3.8, 4) is 0 Å². The van der Waals surface area contributed by atoms with Crippen molar-refractivity contribution in [1.29, 1.82) is 0 Å². The second-order valence-electron chi connectivity index (χ2n) is 2.74. The van der Waals surface area contributed by atoms with Crippen LogP contribution in [0.4, 0.5) is 0 Å². The van der Waals surface area contributed by atoms with E-state index in [2.05, 4.69) is 21.1 Å². The third-order valence-corrected chi connectivity index (χ3v) is 0.771. The smallest absolute Gasteiger partial charge is 0.101 e. The molecule has 4 nitrogen and oxygen atoms in total. The molecule has 0 amide bonds. The summed E-state index contributed by atoms with van der Waals surface area (Å²) in [7, 11) is 6.16. The van der Waals surface area contributed by atoms with Crippen LogP contribution in [-0.4, -0.2) is 54.8 Å². The summed E-state index contributed by atoms with van der Waals surface area (Å²) < 4.78 is 0.844. The molecule has 0 aromatic heterocycles. The van der Waals surface area contributed by atoms with E-state index in [4.69, 9.17) is 5.11 Å². The molecule has 0 heterocycles. The lowest BCUT2D eigenvalue weighted by Crippen LogP contribution is -2.36. The minimum absolute atomic E-state index is 0. The molecule has 0 radical (unpaired) electrons. The molecule has 0 aromatic carbocycles. The van der Waals surface area contributed by atoms with E-state index in [9.17, 15) is 0 Å². The number of aliphatic hydroxyl groups is 1. The third kappa shape index (κ3) is 18.1. The maximum absolute atomic E-state index is 8.39. The number of likely N-dealkylation sites (N-methyl/N-ethyl adjacent to an activating group) is 1. The summed E-state index contributed by atoms with van der Waals surface area (Å²) >= 11 is 0. The largest absolute Gasteiger partial charge is 0.870 e. The molecule has 0 aliphatic carbocycles. The van der Waals surface area contributed by atoms with Gasteiger partial charge in [0.25, 0.3) is 0 Å². The minimum atomic E-state index is 0. The maximum Gasteiger partial charge on any atom is 0.101 e. The zero-order valence-electron chi connectivity index (χ0n) is 6.26. The molecule has 0 aliphatic heterocycles. The molecular formula is C5H17NO3. The molecule has 0 saturated carbocycles. The predicted molar refractivity (Wildman–Crippen MR) is 35.5 cm³/mol. The van der Waals surface area contributed by atoms with Crippen LogP contribution in [0, 0.1) is 0 Å². The third-order valence-electron chi connectivity index (χ3n) is 0.771. The summed E-state index contributed by atoms with van der Waals surface area (Å²) in [5.74, 6) is 0. The van der Waals surface area contributed by atoms with Gasteiger partial charge >= 0.3 is 0 Å². The first-order valence-corrected chi connectivity index (χ1v) is 2.47. The molecule has 0 atom stereocenters. The standard InChI is InChI=1S/C5H14NO.2H2O/c1-6(2,3)4-5-7;;/h7H,4-5H2,1-3H3;2*1H2/q+1;;/p-1. The normalized spacial score (nSPS) is 9.33. The van der Waals surface area contributed by atoms with Crippen LogP contribution in [0.3, 0.4) is 0 Å². The van der Waals surface area contributed by atoms with Crippen molar-refractivity contribution < 1.29 is 20.5 Å². The van der Waals surface area contributed by atoms with Crippen molar-refractivity contribution in [2.75, 3.05) is 34.3 Å². The molecule has 4 heteroatoms. The molecular weight excluding hydrogens is 122 g/mol. The molecule has 0 aliphatic rings. The Hall–Kier alpha value is -0.160. The summed E-state index contributed by atoms with van der Waals surface area (Å²) in [5.41, 5.74) is 0. The first-order valence-electron chi connectivity index (χ1n) is 2.47. The van der Waals surface area contributed by atoms with Gasteiger partial charge in [0.15, 0.2) is 0 Å². The number of quaternary nitrogens is 1. The molecule has 0 spiro atoms. The average molecular weight is 139 g/mol. The average Bonchev–Trinajstić information content (AvgIpc) is 1.30. The van der Waals surface area contributed by atoms with Gasteiger partial charge in [-0.1, -0.05) is 0 Å². The fourth-order valence-electron chi connectivity index (χ4n) is 0.300. The van der Waals surface area contributed by atoms with Gasteiger partial charge in [-0.2, -0.15) is 0 Å². The van der Waals surface area contributed by atoms with E-state index < -0.39 is 0 Å². The van der Waals surface area contributed by atoms with Crippen molar-refractivity contribution >= 4 is 0 Å². The quantitative estimate of drug-likeness (QED) is 0.481. The molecule has 0 rings (SSSR count). The Bertz CT molecular complexity index is 50.7. The molecule has 4 N–H and O–H groups in total. The number of rotatable bonds is 2. The SMILES string of the molecule is C[N+](C)(C)CCO.O.[OH-]. The molecule has 0 bridgehead atoms. The summed E-state index contributed by atoms with van der Waals surface area (Å²) in [4.78, 5) is 0. The zero-order chi connectivity index (χ0) is 5.91. The van der Waals surface area contributed by atoms with Gasteiger partial charge in [0.05, 0.1) is 27.7 Å². The van der Waals surface area contributed by atoms with Crippen LogP contribution < -0.4 is 0 Å². The second-order valence-corrected chi connectivity index (χ2v) is 2.74. The first kappa shape index (κ1) is 15.9. The lowest BCUT2D eigenvalue weighted by atomic mass is 10.5. The Morgan fingerprint density at radius 2 is 1.56 bits per heavy atom. The van der Waals surface area contributed by atoms with Crippen LogP contribution in [0.25, 0.3) is 0 Å². The summed E-state index contributed by atoms with van der Waals surface area (Å²) in [5, 5.41) is 8.39. The second kappa shape index (κ2) is 5.97. The van der Waals surface area contributed by atoms with E-state index in [0.29, 0.717) is 0 Å². The van der Waals surface area contributed by atoms with Crippen LogP contribution >= 0.6 is 0 Å². The monoisotopic (exact) mass is 139 g/mol. The van der Waals surface area contributed by atoms with E-state index in [1.807, 2.05) is 0 Å².